The molecule has 5 atom stereocenters. The third-order valence-electron chi connectivity index (χ3n) is 4.77. The molecule has 2 aliphatic carbocycles. The van der Waals surface area contributed by atoms with Crippen molar-refractivity contribution in [3.05, 3.63) is 36.5 Å². The summed E-state index contributed by atoms with van der Waals surface area (Å²) >= 11 is 0. The van der Waals surface area contributed by atoms with E-state index in [4.69, 9.17) is 4.74 Å². The summed E-state index contributed by atoms with van der Waals surface area (Å²) in [5.74, 6) is -0.0960. The highest BCUT2D eigenvalue weighted by Crippen LogP contribution is 2.51. The molecule has 3 rings (SSSR count). The van der Waals surface area contributed by atoms with E-state index in [1.54, 1.807) is 0 Å². The van der Waals surface area contributed by atoms with E-state index in [1.807, 2.05) is 0 Å². The highest BCUT2D eigenvalue weighted by molar-refractivity contribution is 5.91. The molecule has 3 aliphatic rings. The lowest BCUT2D eigenvalue weighted by atomic mass is 9.82. The van der Waals surface area contributed by atoms with Gasteiger partial charge in [0.1, 0.15) is 6.10 Å². The molecule has 1 N–H and O–H groups in total. The van der Waals surface area contributed by atoms with Crippen LogP contribution in [-0.4, -0.2) is 23.3 Å². The Morgan fingerprint density at radius 1 is 1.22 bits per heavy atom. The molecule has 0 aromatic carbocycles. The van der Waals surface area contributed by atoms with E-state index in [0.29, 0.717) is 12.0 Å². The Morgan fingerprint density at radius 2 is 1.94 bits per heavy atom. The highest BCUT2D eigenvalue weighted by atomic mass is 16.6. The summed E-state index contributed by atoms with van der Waals surface area (Å²) < 4.78 is 5.49. The number of carbonyl (C=O) groups excluding carboxylic acids is 1. The number of aliphatic hydroxyl groups excluding tert-OH is 1. The molecular formula is C15H18O3. The van der Waals surface area contributed by atoms with Gasteiger partial charge in [-0.25, -0.2) is 4.79 Å². The highest BCUT2D eigenvalue weighted by Gasteiger charge is 2.52. The van der Waals surface area contributed by atoms with Crippen LogP contribution in [0.15, 0.2) is 36.5 Å². The first-order chi connectivity index (χ1) is 8.50. The molecule has 0 aromatic heterocycles. The van der Waals surface area contributed by atoms with Crippen LogP contribution in [0.5, 0.6) is 0 Å². The average molecular weight is 246 g/mol. The Labute approximate surface area is 107 Å². The normalized spacial score (nSPS) is 43.5. The maximum Gasteiger partial charge on any atom is 0.334 e. The summed E-state index contributed by atoms with van der Waals surface area (Å²) in [7, 11) is 0. The van der Waals surface area contributed by atoms with Crippen molar-refractivity contribution in [1.82, 2.24) is 0 Å². The van der Waals surface area contributed by atoms with Crippen molar-refractivity contribution < 1.29 is 14.6 Å². The molecule has 0 radical (unpaired) electrons. The molecule has 0 bridgehead atoms. The van der Waals surface area contributed by atoms with E-state index in [9.17, 15) is 9.90 Å². The van der Waals surface area contributed by atoms with Crippen LogP contribution >= 0.6 is 0 Å². The molecule has 1 aliphatic heterocycles. The molecule has 4 unspecified atom stereocenters. The van der Waals surface area contributed by atoms with Gasteiger partial charge in [-0.3, -0.25) is 0 Å². The average Bonchev–Trinajstić information content (AvgIpc) is 2.80. The quantitative estimate of drug-likeness (QED) is 0.404. The molecule has 0 amide bonds. The number of ether oxygens (including phenoxy) is 1. The van der Waals surface area contributed by atoms with Gasteiger partial charge in [0, 0.05) is 17.4 Å². The van der Waals surface area contributed by atoms with Gasteiger partial charge in [-0.15, -0.1) is 0 Å². The van der Waals surface area contributed by atoms with Crippen molar-refractivity contribution >= 4 is 5.97 Å². The maximum absolute atomic E-state index is 11.7. The second kappa shape index (κ2) is 3.82. The lowest BCUT2D eigenvalue weighted by Crippen LogP contribution is -2.28. The molecule has 0 spiro atoms. The second-order valence-corrected chi connectivity index (χ2v) is 5.66. The molecule has 1 saturated heterocycles. The van der Waals surface area contributed by atoms with Crippen LogP contribution in [0, 0.1) is 17.8 Å². The lowest BCUT2D eigenvalue weighted by molar-refractivity contribution is -0.141. The zero-order valence-corrected chi connectivity index (χ0v) is 10.4. The first-order valence-corrected chi connectivity index (χ1v) is 6.45. The minimum atomic E-state index is -0.565. The lowest BCUT2D eigenvalue weighted by Gasteiger charge is -2.26. The minimum absolute atomic E-state index is 0.0888. The summed E-state index contributed by atoms with van der Waals surface area (Å²) in [5.41, 5.74) is 2.48. The van der Waals surface area contributed by atoms with E-state index in [-0.39, 0.29) is 29.8 Å². The van der Waals surface area contributed by atoms with Gasteiger partial charge in [0.05, 0.1) is 6.10 Å². The van der Waals surface area contributed by atoms with Gasteiger partial charge >= 0.3 is 5.97 Å². The molecule has 3 nitrogen and oxygen atoms in total. The number of carbonyl (C=O) groups is 1. The number of fused-ring (bicyclic) bond motifs is 3. The smallest absolute Gasteiger partial charge is 0.334 e. The molecular weight excluding hydrogens is 228 g/mol. The van der Waals surface area contributed by atoms with Gasteiger partial charge < -0.3 is 9.84 Å². The summed E-state index contributed by atoms with van der Waals surface area (Å²) in [4.78, 5) is 11.7. The van der Waals surface area contributed by atoms with Crippen molar-refractivity contribution in [2.75, 3.05) is 0 Å². The molecule has 18 heavy (non-hydrogen) atoms. The van der Waals surface area contributed by atoms with Gasteiger partial charge in [-0.1, -0.05) is 25.3 Å². The standard InChI is InChI=1S/C15H18O3/c1-7-4-5-10-8(2)12(16)6-11-9(3)15(17)18-14(11)13(7)10/h10-14,16H,1-6H2/t10?,11?,12-,13?,14?/m1/s1. The van der Waals surface area contributed by atoms with Gasteiger partial charge in [0.15, 0.2) is 0 Å². The van der Waals surface area contributed by atoms with Crippen LogP contribution in [-0.2, 0) is 9.53 Å². The molecule has 96 valence electrons. The Balaban J connectivity index is 2.04. The third kappa shape index (κ3) is 1.43. The second-order valence-electron chi connectivity index (χ2n) is 5.66. The van der Waals surface area contributed by atoms with Gasteiger partial charge in [-0.05, 0) is 30.8 Å². The Kier molecular flexibility index (Phi) is 2.49. The van der Waals surface area contributed by atoms with E-state index >= 15 is 0 Å². The van der Waals surface area contributed by atoms with Crippen LogP contribution in [0.2, 0.25) is 0 Å². The summed E-state index contributed by atoms with van der Waals surface area (Å²) in [5, 5.41) is 10.2. The van der Waals surface area contributed by atoms with E-state index in [1.165, 1.54) is 0 Å². The first kappa shape index (κ1) is 11.7. The Bertz CT molecular complexity index is 462. The fourth-order valence-electron chi connectivity index (χ4n) is 3.72. The number of esters is 1. The summed E-state index contributed by atoms with van der Waals surface area (Å²) in [6.45, 7) is 12.0. The molecule has 0 aromatic rings. The van der Waals surface area contributed by atoms with E-state index in [2.05, 4.69) is 19.7 Å². The fourth-order valence-corrected chi connectivity index (χ4v) is 3.72. The Hall–Kier alpha value is -1.35. The third-order valence-corrected chi connectivity index (χ3v) is 4.77. The largest absolute Gasteiger partial charge is 0.458 e. The Morgan fingerprint density at radius 3 is 2.67 bits per heavy atom. The van der Waals surface area contributed by atoms with Crippen molar-refractivity contribution in [3.8, 4) is 0 Å². The zero-order valence-electron chi connectivity index (χ0n) is 10.4. The van der Waals surface area contributed by atoms with Crippen molar-refractivity contribution in [2.45, 2.75) is 31.5 Å². The van der Waals surface area contributed by atoms with E-state index in [0.717, 1.165) is 24.0 Å². The van der Waals surface area contributed by atoms with E-state index < -0.39 is 6.10 Å². The van der Waals surface area contributed by atoms with Crippen molar-refractivity contribution in [3.63, 3.8) is 0 Å². The monoisotopic (exact) mass is 246 g/mol. The van der Waals surface area contributed by atoms with Crippen LogP contribution < -0.4 is 0 Å². The van der Waals surface area contributed by atoms with Crippen molar-refractivity contribution in [1.29, 1.82) is 0 Å². The minimum Gasteiger partial charge on any atom is -0.458 e. The number of rotatable bonds is 0. The molecule has 3 fully saturated rings. The number of hydrogen-bond acceptors (Lipinski definition) is 3. The topological polar surface area (TPSA) is 46.5 Å². The van der Waals surface area contributed by atoms with Gasteiger partial charge in [0.2, 0.25) is 0 Å². The fraction of sp³-hybridized carbons (Fsp3) is 0.533. The van der Waals surface area contributed by atoms with Gasteiger partial charge in [-0.2, -0.15) is 0 Å². The number of hydrogen-bond donors (Lipinski definition) is 1. The van der Waals surface area contributed by atoms with Crippen LogP contribution in [0.25, 0.3) is 0 Å². The first-order valence-electron chi connectivity index (χ1n) is 6.45. The summed E-state index contributed by atoms with van der Waals surface area (Å²) in [6.07, 6.45) is 1.61. The molecule has 3 heteroatoms. The predicted octanol–water partition coefficient (Wildman–Crippen LogP) is 1.99. The predicted molar refractivity (Wildman–Crippen MR) is 67.6 cm³/mol. The van der Waals surface area contributed by atoms with Crippen molar-refractivity contribution in [2.24, 2.45) is 17.8 Å². The SMILES string of the molecule is C=C1C(=O)OC2C1C[C@@H](O)C(=C)C1CCC(=C)C12. The van der Waals surface area contributed by atoms with Crippen LogP contribution in [0.4, 0.5) is 0 Å². The number of aliphatic hydroxyl groups is 1. The van der Waals surface area contributed by atoms with Crippen LogP contribution in [0.1, 0.15) is 19.3 Å². The maximum atomic E-state index is 11.7. The molecule has 2 saturated carbocycles. The summed E-state index contributed by atoms with van der Waals surface area (Å²) in [6, 6.07) is 0. The van der Waals surface area contributed by atoms with Gasteiger partial charge in [0.25, 0.3) is 0 Å². The van der Waals surface area contributed by atoms with Crippen LogP contribution in [0.3, 0.4) is 0 Å². The molecule has 1 heterocycles. The zero-order chi connectivity index (χ0) is 13.0.